The molecule has 0 atom stereocenters. The van der Waals surface area contributed by atoms with Gasteiger partial charge >= 0.3 is 12.1 Å². The Morgan fingerprint density at radius 1 is 1.50 bits per heavy atom. The minimum absolute atomic E-state index is 0.0515. The summed E-state index contributed by atoms with van der Waals surface area (Å²) in [5, 5.41) is 8.63. The minimum Gasteiger partial charge on any atom is -0.478 e. The maximum Gasteiger partial charge on any atom is 0.434 e. The maximum atomic E-state index is 12.6. The summed E-state index contributed by atoms with van der Waals surface area (Å²) in [6.45, 7) is 0.366. The van der Waals surface area contributed by atoms with Crippen LogP contribution in [0.5, 0.6) is 0 Å². The van der Waals surface area contributed by atoms with Gasteiger partial charge in [-0.3, -0.25) is 0 Å². The normalized spacial score (nSPS) is 11.6. The number of hydrogen-bond acceptors (Lipinski definition) is 4. The van der Waals surface area contributed by atoms with Gasteiger partial charge in [-0.1, -0.05) is 0 Å². The highest BCUT2D eigenvalue weighted by Crippen LogP contribution is 2.30. The Bertz CT molecular complexity index is 435. The summed E-state index contributed by atoms with van der Waals surface area (Å²) in [4.78, 5) is 17.5. The van der Waals surface area contributed by atoms with Gasteiger partial charge in [0.2, 0.25) is 0 Å². The number of carboxylic acids is 1. The molecule has 0 aromatic carbocycles. The van der Waals surface area contributed by atoms with Gasteiger partial charge in [-0.2, -0.15) is 13.2 Å². The molecule has 0 aliphatic rings. The summed E-state index contributed by atoms with van der Waals surface area (Å²) in [6.07, 6.45) is -3.48. The van der Waals surface area contributed by atoms with E-state index in [4.69, 9.17) is 9.84 Å². The van der Waals surface area contributed by atoms with E-state index >= 15 is 0 Å². The average molecular weight is 264 g/mol. The summed E-state index contributed by atoms with van der Waals surface area (Å²) in [6, 6.07) is 0. The fraction of sp³-hybridized carbons (Fsp3) is 0.500. The second kappa shape index (κ2) is 5.76. The van der Waals surface area contributed by atoms with Crippen LogP contribution in [0.3, 0.4) is 0 Å². The van der Waals surface area contributed by atoms with Crippen LogP contribution in [0.25, 0.3) is 0 Å². The van der Waals surface area contributed by atoms with Crippen LogP contribution < -0.4 is 0 Å². The number of aromatic nitrogens is 2. The van der Waals surface area contributed by atoms with Crippen molar-refractivity contribution in [1.29, 1.82) is 0 Å². The predicted octanol–water partition coefficient (Wildman–Crippen LogP) is 1.77. The fourth-order valence-electron chi connectivity index (χ4n) is 1.29. The first kappa shape index (κ1) is 14.4. The number of aromatic carboxylic acids is 1. The third-order valence-electron chi connectivity index (χ3n) is 2.09. The number of rotatable bonds is 5. The van der Waals surface area contributed by atoms with Crippen molar-refractivity contribution in [2.75, 3.05) is 13.7 Å². The molecule has 0 unspecified atom stereocenters. The van der Waals surface area contributed by atoms with E-state index in [1.54, 1.807) is 0 Å². The van der Waals surface area contributed by atoms with Crippen molar-refractivity contribution in [2.24, 2.45) is 0 Å². The molecule has 1 aromatic heterocycles. The lowest BCUT2D eigenvalue weighted by Gasteiger charge is -2.10. The second-order valence-corrected chi connectivity index (χ2v) is 3.45. The first-order valence-corrected chi connectivity index (χ1v) is 5.01. The molecule has 8 heteroatoms. The van der Waals surface area contributed by atoms with Crippen molar-refractivity contribution in [3.05, 3.63) is 23.3 Å². The van der Waals surface area contributed by atoms with Gasteiger partial charge in [0, 0.05) is 26.3 Å². The first-order valence-electron chi connectivity index (χ1n) is 5.01. The van der Waals surface area contributed by atoms with Crippen molar-refractivity contribution >= 4 is 5.97 Å². The molecule has 1 rings (SSSR count). The monoisotopic (exact) mass is 264 g/mol. The Morgan fingerprint density at radius 2 is 2.17 bits per heavy atom. The lowest BCUT2D eigenvalue weighted by atomic mass is 10.2. The molecular formula is C10H11F3N2O3. The smallest absolute Gasteiger partial charge is 0.434 e. The molecule has 0 fully saturated rings. The van der Waals surface area contributed by atoms with Crippen molar-refractivity contribution in [3.63, 3.8) is 0 Å². The number of aryl methyl sites for hydroxylation is 1. The van der Waals surface area contributed by atoms with E-state index in [9.17, 15) is 18.0 Å². The van der Waals surface area contributed by atoms with Gasteiger partial charge < -0.3 is 9.84 Å². The van der Waals surface area contributed by atoms with Crippen molar-refractivity contribution in [3.8, 4) is 0 Å². The lowest BCUT2D eigenvalue weighted by Crippen LogP contribution is -2.17. The van der Waals surface area contributed by atoms with Gasteiger partial charge in [0.05, 0.1) is 0 Å². The minimum atomic E-state index is -4.81. The zero-order valence-corrected chi connectivity index (χ0v) is 9.49. The summed E-state index contributed by atoms with van der Waals surface area (Å²) in [7, 11) is 1.47. The summed E-state index contributed by atoms with van der Waals surface area (Å²) in [5.41, 5.74) is -2.37. The van der Waals surface area contributed by atoms with E-state index in [0.717, 1.165) is 0 Å². The molecule has 0 aliphatic carbocycles. The zero-order valence-electron chi connectivity index (χ0n) is 9.49. The van der Waals surface area contributed by atoms with Gasteiger partial charge in [0.25, 0.3) is 0 Å². The second-order valence-electron chi connectivity index (χ2n) is 3.45. The Kier molecular flexibility index (Phi) is 4.60. The number of halogens is 3. The molecule has 0 amide bonds. The van der Waals surface area contributed by atoms with Gasteiger partial charge in [-0.15, -0.1) is 0 Å². The van der Waals surface area contributed by atoms with Crippen LogP contribution in [0.4, 0.5) is 13.2 Å². The van der Waals surface area contributed by atoms with E-state index in [0.29, 0.717) is 19.2 Å². The lowest BCUT2D eigenvalue weighted by molar-refractivity contribution is -0.141. The number of hydrogen-bond donors (Lipinski definition) is 1. The quantitative estimate of drug-likeness (QED) is 0.820. The highest BCUT2D eigenvalue weighted by molar-refractivity contribution is 5.88. The number of ether oxygens (including phenoxy) is 1. The van der Waals surface area contributed by atoms with Gasteiger partial charge in [-0.25, -0.2) is 14.8 Å². The largest absolute Gasteiger partial charge is 0.478 e. The molecule has 0 saturated carbocycles. The van der Waals surface area contributed by atoms with Crippen LogP contribution >= 0.6 is 0 Å². The third kappa shape index (κ3) is 3.66. The van der Waals surface area contributed by atoms with Crippen molar-refractivity contribution < 1.29 is 27.8 Å². The predicted molar refractivity (Wildman–Crippen MR) is 54.2 cm³/mol. The summed E-state index contributed by atoms with van der Waals surface area (Å²) < 4.78 is 42.5. The molecule has 1 aromatic rings. The average Bonchev–Trinajstić information content (AvgIpc) is 2.28. The number of methoxy groups -OCH3 is 1. The number of carboxylic acid groups (broad SMARTS) is 1. The molecule has 100 valence electrons. The summed E-state index contributed by atoms with van der Waals surface area (Å²) >= 11 is 0. The van der Waals surface area contributed by atoms with E-state index in [1.807, 2.05) is 0 Å². The Morgan fingerprint density at radius 3 is 2.67 bits per heavy atom. The maximum absolute atomic E-state index is 12.6. The van der Waals surface area contributed by atoms with E-state index in [1.165, 1.54) is 7.11 Å². The van der Waals surface area contributed by atoms with Crippen LogP contribution in [-0.2, 0) is 17.3 Å². The molecule has 0 bridgehead atoms. The van der Waals surface area contributed by atoms with Crippen LogP contribution in [0.15, 0.2) is 6.20 Å². The molecular weight excluding hydrogens is 253 g/mol. The molecule has 5 nitrogen and oxygen atoms in total. The van der Waals surface area contributed by atoms with E-state index < -0.39 is 23.4 Å². The zero-order chi connectivity index (χ0) is 13.8. The molecule has 1 heterocycles. The SMILES string of the molecule is COCCCc1ncc(C(=O)O)c(C(F)(F)F)n1. The standard InChI is InChI=1S/C10H11F3N2O3/c1-18-4-2-3-7-14-5-6(9(16)17)8(15-7)10(11,12)13/h5H,2-4H2,1H3,(H,16,17). The highest BCUT2D eigenvalue weighted by Gasteiger charge is 2.38. The van der Waals surface area contributed by atoms with Crippen LogP contribution in [0.2, 0.25) is 0 Å². The van der Waals surface area contributed by atoms with Crippen LogP contribution in [-0.4, -0.2) is 34.8 Å². The van der Waals surface area contributed by atoms with E-state index in [-0.39, 0.29) is 12.2 Å². The van der Waals surface area contributed by atoms with Gasteiger partial charge in [0.1, 0.15) is 11.4 Å². The Labute approximate surface area is 101 Å². The van der Waals surface area contributed by atoms with E-state index in [2.05, 4.69) is 9.97 Å². The molecule has 1 N–H and O–H groups in total. The Balaban J connectivity index is 3.02. The number of carbonyl (C=O) groups is 1. The third-order valence-corrected chi connectivity index (χ3v) is 2.09. The molecule has 0 radical (unpaired) electrons. The summed E-state index contributed by atoms with van der Waals surface area (Å²) in [5.74, 6) is -1.75. The molecule has 18 heavy (non-hydrogen) atoms. The Hall–Kier alpha value is -1.70. The topological polar surface area (TPSA) is 72.3 Å². The van der Waals surface area contributed by atoms with Gasteiger partial charge in [-0.05, 0) is 6.42 Å². The fourth-order valence-corrected chi connectivity index (χ4v) is 1.29. The van der Waals surface area contributed by atoms with Crippen LogP contribution in [0.1, 0.15) is 28.3 Å². The molecule has 0 spiro atoms. The number of alkyl halides is 3. The molecule has 0 saturated heterocycles. The first-order chi connectivity index (χ1) is 8.36. The highest BCUT2D eigenvalue weighted by atomic mass is 19.4. The molecule has 0 aliphatic heterocycles. The van der Waals surface area contributed by atoms with Crippen molar-refractivity contribution in [1.82, 2.24) is 9.97 Å². The van der Waals surface area contributed by atoms with Crippen molar-refractivity contribution in [2.45, 2.75) is 19.0 Å². The van der Waals surface area contributed by atoms with Crippen LogP contribution in [0, 0.1) is 0 Å². The number of nitrogens with zero attached hydrogens (tertiary/aromatic N) is 2. The van der Waals surface area contributed by atoms with Gasteiger partial charge in [0.15, 0.2) is 5.69 Å².